The van der Waals surface area contributed by atoms with Gasteiger partial charge in [0.25, 0.3) is 11.1 Å². The third-order valence-corrected chi connectivity index (χ3v) is 6.50. The van der Waals surface area contributed by atoms with Crippen LogP contribution < -0.4 is 0 Å². The van der Waals surface area contributed by atoms with E-state index >= 15 is 0 Å². The average Bonchev–Trinajstić information content (AvgIpc) is 3.15. The number of carbonyl (C=O) groups excluding carboxylic acids is 2. The van der Waals surface area contributed by atoms with Crippen LogP contribution in [0.2, 0.25) is 5.02 Å². The number of fused-ring (bicyclic) bond motifs is 1. The molecule has 1 aliphatic heterocycles. The van der Waals surface area contributed by atoms with Crippen molar-refractivity contribution >= 4 is 67.4 Å². The molecule has 0 atom stereocenters. The molecule has 3 aromatic rings. The number of benzene rings is 2. The van der Waals surface area contributed by atoms with E-state index in [-0.39, 0.29) is 23.5 Å². The molecule has 4 nitrogen and oxygen atoms in total. The lowest BCUT2D eigenvalue weighted by Crippen LogP contribution is -2.27. The minimum atomic E-state index is -0.373. The molecule has 0 unspecified atom stereocenters. The Morgan fingerprint density at radius 3 is 2.72 bits per heavy atom. The fourth-order valence-corrected chi connectivity index (χ4v) is 4.79. The zero-order valence-corrected chi connectivity index (χ0v) is 18.4. The number of amides is 2. The molecule has 29 heavy (non-hydrogen) atoms. The normalized spacial score (nSPS) is 15.9. The smallest absolute Gasteiger partial charge is 0.293 e. The Morgan fingerprint density at radius 1 is 1.24 bits per heavy atom. The molecule has 0 saturated carbocycles. The van der Waals surface area contributed by atoms with E-state index < -0.39 is 0 Å². The van der Waals surface area contributed by atoms with Gasteiger partial charge in [0, 0.05) is 44.3 Å². The zero-order chi connectivity index (χ0) is 20.7. The molecule has 2 aromatic carbocycles. The van der Waals surface area contributed by atoms with Gasteiger partial charge in [0.15, 0.2) is 0 Å². The highest BCUT2D eigenvalue weighted by Gasteiger charge is 2.33. The number of hydrogen-bond acceptors (Lipinski definition) is 3. The van der Waals surface area contributed by atoms with Gasteiger partial charge in [-0.15, -0.1) is 0 Å². The summed E-state index contributed by atoms with van der Waals surface area (Å²) in [7, 11) is 0. The fraction of sp³-hybridized carbons (Fsp3) is 0.143. The van der Waals surface area contributed by atoms with Crippen molar-refractivity contribution in [2.45, 2.75) is 13.5 Å². The summed E-state index contributed by atoms with van der Waals surface area (Å²) in [6.07, 6.45) is 3.56. The molecule has 0 spiro atoms. The Bertz CT molecular complexity index is 1170. The quantitative estimate of drug-likeness (QED) is 0.401. The van der Waals surface area contributed by atoms with Crippen LogP contribution in [0.1, 0.15) is 18.1 Å². The number of thioether (sulfide) groups is 1. The monoisotopic (exact) mass is 492 g/mol. The number of aromatic nitrogens is 1. The number of imide groups is 1. The van der Waals surface area contributed by atoms with Crippen LogP contribution in [0.4, 0.5) is 9.18 Å². The number of nitrogens with zero attached hydrogens (tertiary/aromatic N) is 2. The highest BCUT2D eigenvalue weighted by Crippen LogP contribution is 2.35. The minimum absolute atomic E-state index is 0.244. The van der Waals surface area contributed by atoms with Gasteiger partial charge in [0.1, 0.15) is 5.82 Å². The van der Waals surface area contributed by atoms with Gasteiger partial charge in [-0.3, -0.25) is 14.5 Å². The molecule has 1 fully saturated rings. The highest BCUT2D eigenvalue weighted by molar-refractivity contribution is 9.10. The summed E-state index contributed by atoms with van der Waals surface area (Å²) >= 11 is 10.6. The third-order valence-electron chi connectivity index (χ3n) is 4.74. The van der Waals surface area contributed by atoms with Gasteiger partial charge < -0.3 is 4.57 Å². The number of rotatable bonds is 4. The van der Waals surface area contributed by atoms with Crippen molar-refractivity contribution in [1.82, 2.24) is 9.47 Å². The first-order valence-electron chi connectivity index (χ1n) is 8.85. The van der Waals surface area contributed by atoms with Crippen LogP contribution in [0.5, 0.6) is 0 Å². The van der Waals surface area contributed by atoms with Crippen molar-refractivity contribution in [3.05, 3.63) is 73.9 Å². The van der Waals surface area contributed by atoms with Crippen LogP contribution in [0.3, 0.4) is 0 Å². The van der Waals surface area contributed by atoms with E-state index in [2.05, 4.69) is 15.9 Å². The Kier molecular flexibility index (Phi) is 5.55. The highest BCUT2D eigenvalue weighted by atomic mass is 79.9. The lowest BCUT2D eigenvalue weighted by Gasteiger charge is -2.08. The maximum absolute atomic E-state index is 14.3. The molecule has 1 aliphatic rings. The number of likely N-dealkylation sites (N-methyl/N-ethyl adjacent to an activating group) is 1. The summed E-state index contributed by atoms with van der Waals surface area (Å²) in [5, 5.41) is 0.969. The van der Waals surface area contributed by atoms with Crippen molar-refractivity contribution in [1.29, 1.82) is 0 Å². The summed E-state index contributed by atoms with van der Waals surface area (Å²) in [6.45, 7) is 2.34. The van der Waals surface area contributed by atoms with E-state index in [0.717, 1.165) is 32.7 Å². The minimum Gasteiger partial charge on any atom is -0.342 e. The summed E-state index contributed by atoms with van der Waals surface area (Å²) < 4.78 is 17.1. The summed E-state index contributed by atoms with van der Waals surface area (Å²) in [4.78, 5) is 26.1. The number of carbonyl (C=O) groups is 2. The maximum atomic E-state index is 14.3. The number of halogens is 3. The molecule has 0 aliphatic carbocycles. The van der Waals surface area contributed by atoms with Crippen molar-refractivity contribution in [3.63, 3.8) is 0 Å². The molecular formula is C21H15BrClFN2O2S. The van der Waals surface area contributed by atoms with Gasteiger partial charge in [-0.05, 0) is 55.1 Å². The number of hydrogen-bond donors (Lipinski definition) is 0. The third kappa shape index (κ3) is 3.74. The van der Waals surface area contributed by atoms with Crippen LogP contribution in [-0.2, 0) is 11.3 Å². The second-order valence-electron chi connectivity index (χ2n) is 6.50. The van der Waals surface area contributed by atoms with Crippen molar-refractivity contribution in [2.24, 2.45) is 0 Å². The Hall–Kier alpha value is -2.09. The van der Waals surface area contributed by atoms with E-state index in [1.54, 1.807) is 25.1 Å². The Labute approximate surface area is 184 Å². The molecule has 1 saturated heterocycles. The predicted molar refractivity (Wildman–Crippen MR) is 119 cm³/mol. The van der Waals surface area contributed by atoms with Crippen LogP contribution in [-0.4, -0.2) is 27.2 Å². The maximum Gasteiger partial charge on any atom is 0.293 e. The zero-order valence-electron chi connectivity index (χ0n) is 15.3. The van der Waals surface area contributed by atoms with E-state index in [0.29, 0.717) is 22.0 Å². The lowest BCUT2D eigenvalue weighted by molar-refractivity contribution is -0.122. The predicted octanol–water partition coefficient (Wildman–Crippen LogP) is 6.30. The van der Waals surface area contributed by atoms with Gasteiger partial charge >= 0.3 is 0 Å². The summed E-state index contributed by atoms with van der Waals surface area (Å²) in [6, 6.07) is 10.4. The van der Waals surface area contributed by atoms with Gasteiger partial charge in [0.05, 0.1) is 11.4 Å². The summed E-state index contributed by atoms with van der Waals surface area (Å²) in [5.74, 6) is -0.669. The van der Waals surface area contributed by atoms with E-state index in [1.807, 2.05) is 29.0 Å². The van der Waals surface area contributed by atoms with Crippen molar-refractivity contribution < 1.29 is 14.0 Å². The van der Waals surface area contributed by atoms with Gasteiger partial charge in [0.2, 0.25) is 0 Å². The molecule has 148 valence electrons. The Morgan fingerprint density at radius 2 is 2.03 bits per heavy atom. The largest absolute Gasteiger partial charge is 0.342 e. The first-order valence-corrected chi connectivity index (χ1v) is 10.8. The van der Waals surface area contributed by atoms with E-state index in [4.69, 9.17) is 11.6 Å². The standard InChI is InChI=1S/C21H15BrClFN2O2S/c1-2-26-20(27)19(29-21(26)28)8-12-10-25(18-7-6-13(22)9-14(12)18)11-15-16(23)4-3-5-17(15)24/h3-10H,2,11H2,1H3/b19-8-. The second-order valence-corrected chi connectivity index (χ2v) is 8.82. The van der Waals surface area contributed by atoms with Crippen LogP contribution >= 0.6 is 39.3 Å². The first-order chi connectivity index (χ1) is 13.9. The molecule has 0 N–H and O–H groups in total. The molecule has 4 rings (SSSR count). The average molecular weight is 494 g/mol. The SMILES string of the molecule is CCN1C(=O)S/C(=C\c2cn(Cc3c(F)cccc3Cl)c3ccc(Br)cc23)C1=O. The molecule has 2 heterocycles. The van der Waals surface area contributed by atoms with E-state index in [1.165, 1.54) is 11.0 Å². The topological polar surface area (TPSA) is 42.3 Å². The molecule has 0 radical (unpaired) electrons. The van der Waals surface area contributed by atoms with Gasteiger partial charge in [-0.1, -0.05) is 33.6 Å². The Balaban J connectivity index is 1.82. The van der Waals surface area contributed by atoms with Crippen LogP contribution in [0, 0.1) is 5.82 Å². The van der Waals surface area contributed by atoms with Crippen molar-refractivity contribution in [3.8, 4) is 0 Å². The van der Waals surface area contributed by atoms with Gasteiger partial charge in [-0.25, -0.2) is 4.39 Å². The van der Waals surface area contributed by atoms with Crippen molar-refractivity contribution in [2.75, 3.05) is 6.54 Å². The second kappa shape index (κ2) is 7.97. The fourth-order valence-electron chi connectivity index (χ4n) is 3.31. The summed E-state index contributed by atoms with van der Waals surface area (Å²) in [5.41, 5.74) is 2.04. The molecule has 8 heteroatoms. The first kappa shape index (κ1) is 20.2. The van der Waals surface area contributed by atoms with Crippen LogP contribution in [0.25, 0.3) is 17.0 Å². The molecule has 2 amide bonds. The lowest BCUT2D eigenvalue weighted by atomic mass is 10.1. The van der Waals surface area contributed by atoms with Gasteiger partial charge in [-0.2, -0.15) is 0 Å². The van der Waals surface area contributed by atoms with E-state index in [9.17, 15) is 14.0 Å². The molecular weight excluding hydrogens is 479 g/mol. The molecule has 1 aromatic heterocycles. The van der Waals surface area contributed by atoms with Crippen LogP contribution in [0.15, 0.2) is 52.0 Å². The molecule has 0 bridgehead atoms.